The molecule has 0 aliphatic carbocycles. The Morgan fingerprint density at radius 1 is 1.17 bits per heavy atom. The molecule has 0 aliphatic rings. The van der Waals surface area contributed by atoms with Gasteiger partial charge in [-0.25, -0.2) is 8.42 Å². The van der Waals surface area contributed by atoms with Gasteiger partial charge in [0.1, 0.15) is 9.84 Å². The van der Waals surface area contributed by atoms with Gasteiger partial charge in [0.05, 0.1) is 5.75 Å². The highest BCUT2D eigenvalue weighted by atomic mass is 32.2. The summed E-state index contributed by atoms with van der Waals surface area (Å²) < 4.78 is 22.8. The van der Waals surface area contributed by atoms with Crippen LogP contribution in [0, 0.1) is 13.8 Å². The average Bonchev–Trinajstić information content (AvgIpc) is 2.27. The topological polar surface area (TPSA) is 60.2 Å². The molecule has 4 heteroatoms. The van der Waals surface area contributed by atoms with Gasteiger partial charge in [0.2, 0.25) is 0 Å². The summed E-state index contributed by atoms with van der Waals surface area (Å²) in [6, 6.07) is 6.19. The predicted octanol–water partition coefficient (Wildman–Crippen LogP) is 2.52. The molecule has 18 heavy (non-hydrogen) atoms. The van der Waals surface area contributed by atoms with E-state index in [0.29, 0.717) is 12.8 Å². The number of rotatable bonds is 6. The first-order valence-electron chi connectivity index (χ1n) is 6.38. The van der Waals surface area contributed by atoms with Crippen molar-refractivity contribution in [3.05, 3.63) is 34.9 Å². The number of benzene rings is 1. The molecule has 0 aromatic heterocycles. The van der Waals surface area contributed by atoms with Crippen LogP contribution in [0.3, 0.4) is 0 Å². The lowest BCUT2D eigenvalue weighted by atomic mass is 9.99. The predicted molar refractivity (Wildman–Crippen MR) is 76.4 cm³/mol. The maximum absolute atomic E-state index is 11.4. The van der Waals surface area contributed by atoms with Crippen molar-refractivity contribution in [3.63, 3.8) is 0 Å². The lowest BCUT2D eigenvalue weighted by molar-refractivity contribution is 0.583. The molecule has 1 atom stereocenters. The molecule has 1 aromatic carbocycles. The van der Waals surface area contributed by atoms with Crippen molar-refractivity contribution in [2.24, 2.45) is 5.73 Å². The Labute approximate surface area is 110 Å². The third-order valence-electron chi connectivity index (χ3n) is 3.08. The smallest absolute Gasteiger partial charge is 0.150 e. The first-order chi connectivity index (χ1) is 8.34. The van der Waals surface area contributed by atoms with E-state index in [-0.39, 0.29) is 17.5 Å². The SMILES string of the molecule is CCS(=O)(=O)CCCC(N)c1cc(C)cc(C)c1. The van der Waals surface area contributed by atoms with Crippen LogP contribution < -0.4 is 5.73 Å². The van der Waals surface area contributed by atoms with Crippen molar-refractivity contribution in [2.45, 2.75) is 39.7 Å². The van der Waals surface area contributed by atoms with Crippen molar-refractivity contribution in [3.8, 4) is 0 Å². The van der Waals surface area contributed by atoms with E-state index in [1.54, 1.807) is 6.92 Å². The minimum absolute atomic E-state index is 0.0735. The summed E-state index contributed by atoms with van der Waals surface area (Å²) in [5.74, 6) is 0.452. The summed E-state index contributed by atoms with van der Waals surface area (Å²) in [7, 11) is -2.87. The summed E-state index contributed by atoms with van der Waals surface area (Å²) in [4.78, 5) is 0. The van der Waals surface area contributed by atoms with E-state index in [4.69, 9.17) is 5.73 Å². The Balaban J connectivity index is 2.58. The molecule has 0 heterocycles. The highest BCUT2D eigenvalue weighted by Gasteiger charge is 2.11. The Hall–Kier alpha value is -0.870. The molecule has 0 saturated carbocycles. The molecule has 0 radical (unpaired) electrons. The van der Waals surface area contributed by atoms with Crippen LogP contribution in [0.25, 0.3) is 0 Å². The minimum atomic E-state index is -2.87. The Bertz CT molecular complexity index is 474. The van der Waals surface area contributed by atoms with E-state index in [2.05, 4.69) is 18.2 Å². The second kappa shape index (κ2) is 6.34. The third-order valence-corrected chi connectivity index (χ3v) is 4.87. The van der Waals surface area contributed by atoms with Gasteiger partial charge < -0.3 is 5.73 Å². The lowest BCUT2D eigenvalue weighted by Crippen LogP contribution is -2.14. The van der Waals surface area contributed by atoms with Gasteiger partial charge in [-0.2, -0.15) is 0 Å². The standard InChI is InChI=1S/C14H23NO2S/c1-4-18(16,17)7-5-6-14(15)13-9-11(2)8-12(3)10-13/h8-10,14H,4-7,15H2,1-3H3. The quantitative estimate of drug-likeness (QED) is 0.863. The number of nitrogens with two attached hydrogens (primary N) is 1. The molecule has 102 valence electrons. The van der Waals surface area contributed by atoms with Gasteiger partial charge in [-0.3, -0.25) is 0 Å². The van der Waals surface area contributed by atoms with E-state index >= 15 is 0 Å². The molecule has 2 N–H and O–H groups in total. The molecular formula is C14H23NO2S. The van der Waals surface area contributed by atoms with Crippen LogP contribution in [0.4, 0.5) is 0 Å². The van der Waals surface area contributed by atoms with E-state index in [1.807, 2.05) is 13.8 Å². The fraction of sp³-hybridized carbons (Fsp3) is 0.571. The monoisotopic (exact) mass is 269 g/mol. The van der Waals surface area contributed by atoms with Gasteiger partial charge in [0, 0.05) is 11.8 Å². The van der Waals surface area contributed by atoms with Crippen molar-refractivity contribution in [2.75, 3.05) is 11.5 Å². The van der Waals surface area contributed by atoms with Gasteiger partial charge >= 0.3 is 0 Å². The third kappa shape index (κ3) is 4.78. The summed E-state index contributed by atoms with van der Waals surface area (Å²) in [6.45, 7) is 5.77. The molecule has 0 saturated heterocycles. The summed E-state index contributed by atoms with van der Waals surface area (Å²) in [5, 5.41) is 0. The molecule has 1 aromatic rings. The molecule has 0 amide bonds. The van der Waals surface area contributed by atoms with Crippen LogP contribution in [0.2, 0.25) is 0 Å². The average molecular weight is 269 g/mol. The first kappa shape index (κ1) is 15.2. The van der Waals surface area contributed by atoms with Crippen LogP contribution in [0.15, 0.2) is 18.2 Å². The van der Waals surface area contributed by atoms with Gasteiger partial charge in [0.25, 0.3) is 0 Å². The van der Waals surface area contributed by atoms with E-state index in [0.717, 1.165) is 5.56 Å². The van der Waals surface area contributed by atoms with Crippen LogP contribution in [-0.2, 0) is 9.84 Å². The largest absolute Gasteiger partial charge is 0.324 e. The van der Waals surface area contributed by atoms with Crippen LogP contribution in [0.1, 0.15) is 42.5 Å². The second-order valence-electron chi connectivity index (χ2n) is 4.91. The fourth-order valence-corrected chi connectivity index (χ4v) is 2.95. The zero-order valence-corrected chi connectivity index (χ0v) is 12.3. The molecular weight excluding hydrogens is 246 g/mol. The van der Waals surface area contributed by atoms with Gasteiger partial charge in [-0.15, -0.1) is 0 Å². The molecule has 1 rings (SSSR count). The maximum Gasteiger partial charge on any atom is 0.150 e. The van der Waals surface area contributed by atoms with Crippen molar-refractivity contribution < 1.29 is 8.42 Å². The minimum Gasteiger partial charge on any atom is -0.324 e. The van der Waals surface area contributed by atoms with Gasteiger partial charge in [-0.1, -0.05) is 36.2 Å². The van der Waals surface area contributed by atoms with E-state index in [9.17, 15) is 8.42 Å². The number of aryl methyl sites for hydroxylation is 2. The fourth-order valence-electron chi connectivity index (χ4n) is 2.06. The van der Waals surface area contributed by atoms with Crippen LogP contribution in [0.5, 0.6) is 0 Å². The summed E-state index contributed by atoms with van der Waals surface area (Å²) in [5.41, 5.74) is 9.60. The van der Waals surface area contributed by atoms with Crippen molar-refractivity contribution in [1.82, 2.24) is 0 Å². The van der Waals surface area contributed by atoms with Crippen LogP contribution >= 0.6 is 0 Å². The van der Waals surface area contributed by atoms with E-state index < -0.39 is 9.84 Å². The molecule has 0 aliphatic heterocycles. The number of hydrogen-bond acceptors (Lipinski definition) is 3. The molecule has 1 unspecified atom stereocenters. The molecule has 0 spiro atoms. The molecule has 0 bridgehead atoms. The van der Waals surface area contributed by atoms with Crippen LogP contribution in [-0.4, -0.2) is 19.9 Å². The number of sulfone groups is 1. The Morgan fingerprint density at radius 2 is 1.72 bits per heavy atom. The lowest BCUT2D eigenvalue weighted by Gasteiger charge is -2.13. The summed E-state index contributed by atoms with van der Waals surface area (Å²) >= 11 is 0. The zero-order chi connectivity index (χ0) is 13.8. The highest BCUT2D eigenvalue weighted by molar-refractivity contribution is 7.91. The number of hydrogen-bond donors (Lipinski definition) is 1. The molecule has 0 fully saturated rings. The molecule has 3 nitrogen and oxygen atoms in total. The maximum atomic E-state index is 11.4. The zero-order valence-electron chi connectivity index (χ0n) is 11.4. The van der Waals surface area contributed by atoms with Crippen molar-refractivity contribution in [1.29, 1.82) is 0 Å². The van der Waals surface area contributed by atoms with Gasteiger partial charge in [0.15, 0.2) is 0 Å². The van der Waals surface area contributed by atoms with E-state index in [1.165, 1.54) is 11.1 Å². The second-order valence-corrected chi connectivity index (χ2v) is 7.38. The Morgan fingerprint density at radius 3 is 2.22 bits per heavy atom. The summed E-state index contributed by atoms with van der Waals surface area (Å²) in [6.07, 6.45) is 1.34. The normalized spacial score (nSPS) is 13.6. The van der Waals surface area contributed by atoms with Gasteiger partial charge in [-0.05, 0) is 32.3 Å². The first-order valence-corrected chi connectivity index (χ1v) is 8.20. The van der Waals surface area contributed by atoms with Crippen molar-refractivity contribution >= 4 is 9.84 Å². The Kier molecular flexibility index (Phi) is 5.35. The highest BCUT2D eigenvalue weighted by Crippen LogP contribution is 2.19.